The number of aliphatic carboxylic acids is 1. The molecule has 2 rings (SSSR count). The Balaban J connectivity index is 2.07. The van der Waals surface area contributed by atoms with Gasteiger partial charge in [0.2, 0.25) is 11.8 Å². The van der Waals surface area contributed by atoms with Crippen LogP contribution in [0.4, 0.5) is 0 Å². The highest BCUT2D eigenvalue weighted by Gasteiger charge is 2.29. The van der Waals surface area contributed by atoms with Crippen LogP contribution in [0.1, 0.15) is 31.7 Å². The molecule has 0 fully saturated rings. The van der Waals surface area contributed by atoms with E-state index in [9.17, 15) is 19.5 Å². The van der Waals surface area contributed by atoms with Gasteiger partial charge in [-0.05, 0) is 12.3 Å². The third-order valence-electron chi connectivity index (χ3n) is 4.27. The lowest BCUT2D eigenvalue weighted by molar-refractivity contribution is -0.142. The molecule has 2 heterocycles. The van der Waals surface area contributed by atoms with Crippen molar-refractivity contribution in [1.82, 2.24) is 30.6 Å². The van der Waals surface area contributed by atoms with Gasteiger partial charge in [-0.15, -0.1) is 0 Å². The number of imidazole rings is 2. The van der Waals surface area contributed by atoms with Gasteiger partial charge in [-0.3, -0.25) is 9.59 Å². The van der Waals surface area contributed by atoms with Gasteiger partial charge in [-0.1, -0.05) is 13.8 Å². The molecule has 0 saturated carbocycles. The maximum atomic E-state index is 12.8. The third kappa shape index (κ3) is 7.03. The van der Waals surface area contributed by atoms with Gasteiger partial charge in [-0.25, -0.2) is 14.8 Å². The first-order valence-corrected chi connectivity index (χ1v) is 9.29. The maximum absolute atomic E-state index is 12.8. The third-order valence-corrected chi connectivity index (χ3v) is 4.27. The Morgan fingerprint density at radius 3 is 2.03 bits per heavy atom. The fourth-order valence-corrected chi connectivity index (χ4v) is 2.80. The van der Waals surface area contributed by atoms with Gasteiger partial charge in [0.25, 0.3) is 0 Å². The first kappa shape index (κ1) is 22.1. The van der Waals surface area contributed by atoms with Crippen molar-refractivity contribution in [2.24, 2.45) is 11.7 Å². The van der Waals surface area contributed by atoms with Crippen molar-refractivity contribution in [3.8, 4) is 0 Å². The van der Waals surface area contributed by atoms with Gasteiger partial charge >= 0.3 is 5.97 Å². The van der Waals surface area contributed by atoms with Crippen LogP contribution in [0, 0.1) is 5.92 Å². The SMILES string of the molecule is CC(C)C[C@H](NC(=O)[C@H](Cc1cnc[nH]1)NC(=O)[C@@H](N)Cc1cnc[nH]1)C(=O)O. The molecular weight excluding hydrogens is 378 g/mol. The number of aromatic amines is 2. The van der Waals surface area contributed by atoms with Crippen LogP contribution < -0.4 is 16.4 Å². The number of nitrogens with one attached hydrogen (secondary N) is 4. The van der Waals surface area contributed by atoms with E-state index in [1.807, 2.05) is 13.8 Å². The largest absolute Gasteiger partial charge is 0.480 e. The second kappa shape index (κ2) is 10.4. The van der Waals surface area contributed by atoms with Crippen LogP contribution in [0.3, 0.4) is 0 Å². The van der Waals surface area contributed by atoms with Crippen LogP contribution in [0.5, 0.6) is 0 Å². The summed E-state index contributed by atoms with van der Waals surface area (Å²) in [6.45, 7) is 3.72. The smallest absolute Gasteiger partial charge is 0.326 e. The van der Waals surface area contributed by atoms with Crippen molar-refractivity contribution in [2.75, 3.05) is 0 Å². The summed E-state index contributed by atoms with van der Waals surface area (Å²) in [6, 6.07) is -2.97. The summed E-state index contributed by atoms with van der Waals surface area (Å²) in [4.78, 5) is 50.2. The van der Waals surface area contributed by atoms with Crippen LogP contribution in [0.25, 0.3) is 0 Å². The van der Waals surface area contributed by atoms with E-state index in [0.717, 1.165) is 0 Å². The number of rotatable bonds is 11. The fourth-order valence-electron chi connectivity index (χ4n) is 2.80. The predicted molar refractivity (Wildman–Crippen MR) is 104 cm³/mol. The summed E-state index contributed by atoms with van der Waals surface area (Å²) < 4.78 is 0. The van der Waals surface area contributed by atoms with Gasteiger partial charge in [0.1, 0.15) is 12.1 Å². The first-order chi connectivity index (χ1) is 13.8. The molecule has 0 saturated heterocycles. The standard InChI is InChI=1S/C18H27N7O4/c1-10(2)3-15(18(28)29)25-17(27)14(5-12-7-21-9-23-12)24-16(26)13(19)4-11-6-20-8-22-11/h6-10,13-15H,3-5,19H2,1-2H3,(H,20,22)(H,21,23)(H,24,26)(H,25,27)(H,28,29)/t13-,14-,15-/m0/s1. The Morgan fingerprint density at radius 2 is 1.55 bits per heavy atom. The van der Waals surface area contributed by atoms with E-state index in [4.69, 9.17) is 5.73 Å². The molecular formula is C18H27N7O4. The summed E-state index contributed by atoms with van der Waals surface area (Å²) >= 11 is 0. The molecule has 0 aliphatic rings. The van der Waals surface area contributed by atoms with Crippen LogP contribution in [0.2, 0.25) is 0 Å². The molecule has 2 amide bonds. The van der Waals surface area contributed by atoms with Crippen LogP contribution in [-0.4, -0.2) is 61.0 Å². The van der Waals surface area contributed by atoms with Gasteiger partial charge < -0.3 is 31.4 Å². The van der Waals surface area contributed by atoms with E-state index in [1.54, 1.807) is 6.20 Å². The van der Waals surface area contributed by atoms with Gasteiger partial charge in [-0.2, -0.15) is 0 Å². The number of carbonyl (C=O) groups is 3. The Kier molecular flexibility index (Phi) is 7.89. The monoisotopic (exact) mass is 405 g/mol. The first-order valence-electron chi connectivity index (χ1n) is 9.29. The van der Waals surface area contributed by atoms with Crippen molar-refractivity contribution in [3.63, 3.8) is 0 Å². The average Bonchev–Trinajstić information content (AvgIpc) is 3.33. The molecule has 2 aromatic heterocycles. The minimum absolute atomic E-state index is 0.0693. The normalized spacial score (nSPS) is 14.2. The zero-order valence-electron chi connectivity index (χ0n) is 16.4. The lowest BCUT2D eigenvalue weighted by Crippen LogP contribution is -2.55. The highest BCUT2D eigenvalue weighted by atomic mass is 16.4. The minimum Gasteiger partial charge on any atom is -0.480 e. The molecule has 0 spiro atoms. The minimum atomic E-state index is -1.13. The molecule has 11 nitrogen and oxygen atoms in total. The molecule has 0 radical (unpaired) electrons. The quantitative estimate of drug-likeness (QED) is 0.287. The van der Waals surface area contributed by atoms with Crippen LogP contribution in [-0.2, 0) is 27.2 Å². The highest BCUT2D eigenvalue weighted by molar-refractivity contribution is 5.92. The van der Waals surface area contributed by atoms with Crippen molar-refractivity contribution >= 4 is 17.8 Å². The number of carbonyl (C=O) groups excluding carboxylic acids is 2. The number of hydrogen-bond acceptors (Lipinski definition) is 6. The summed E-state index contributed by atoms with van der Waals surface area (Å²) in [6.07, 6.45) is 6.62. The van der Waals surface area contributed by atoms with E-state index >= 15 is 0 Å². The zero-order valence-corrected chi connectivity index (χ0v) is 16.4. The molecule has 2 aromatic rings. The number of nitrogens with zero attached hydrogens (tertiary/aromatic N) is 2. The lowest BCUT2D eigenvalue weighted by atomic mass is 10.0. The highest BCUT2D eigenvalue weighted by Crippen LogP contribution is 2.07. The Labute approximate surface area is 167 Å². The second-order valence-electron chi connectivity index (χ2n) is 7.26. The van der Waals surface area contributed by atoms with Gasteiger partial charge in [0, 0.05) is 36.6 Å². The van der Waals surface area contributed by atoms with E-state index in [0.29, 0.717) is 11.4 Å². The summed E-state index contributed by atoms with van der Waals surface area (Å²) in [5, 5.41) is 14.5. The second-order valence-corrected chi connectivity index (χ2v) is 7.26. The topological polar surface area (TPSA) is 179 Å². The average molecular weight is 405 g/mol. The molecule has 0 aliphatic carbocycles. The maximum Gasteiger partial charge on any atom is 0.326 e. The van der Waals surface area contributed by atoms with E-state index in [2.05, 4.69) is 30.6 Å². The predicted octanol–water partition coefficient (Wildman–Crippen LogP) is -0.654. The zero-order chi connectivity index (χ0) is 21.4. The number of aromatic nitrogens is 4. The summed E-state index contributed by atoms with van der Waals surface area (Å²) in [5.41, 5.74) is 7.24. The molecule has 7 N–H and O–H groups in total. The molecule has 0 unspecified atom stereocenters. The number of hydrogen-bond donors (Lipinski definition) is 6. The van der Waals surface area contributed by atoms with Gasteiger partial charge in [0.15, 0.2) is 0 Å². The number of carboxylic acid groups (broad SMARTS) is 1. The lowest BCUT2D eigenvalue weighted by Gasteiger charge is -2.23. The van der Waals surface area contributed by atoms with Crippen LogP contribution in [0.15, 0.2) is 25.0 Å². The van der Waals surface area contributed by atoms with Crippen LogP contribution >= 0.6 is 0 Å². The number of amides is 2. The molecule has 0 aliphatic heterocycles. The van der Waals surface area contributed by atoms with E-state index < -0.39 is 35.9 Å². The molecule has 158 valence electrons. The molecule has 3 atom stereocenters. The van der Waals surface area contributed by atoms with E-state index in [1.165, 1.54) is 18.9 Å². The number of carboxylic acids is 1. The Bertz CT molecular complexity index is 789. The molecule has 11 heteroatoms. The van der Waals surface area contributed by atoms with Crippen molar-refractivity contribution in [1.29, 1.82) is 0 Å². The Morgan fingerprint density at radius 1 is 1.00 bits per heavy atom. The molecule has 0 aromatic carbocycles. The fraction of sp³-hybridized carbons (Fsp3) is 0.500. The summed E-state index contributed by atoms with van der Waals surface area (Å²) in [7, 11) is 0. The number of nitrogens with two attached hydrogens (primary N) is 1. The van der Waals surface area contributed by atoms with Crippen molar-refractivity contribution < 1.29 is 19.5 Å². The van der Waals surface area contributed by atoms with Gasteiger partial charge in [0.05, 0.1) is 18.7 Å². The van der Waals surface area contributed by atoms with Crippen molar-refractivity contribution in [2.45, 2.75) is 51.2 Å². The Hall–Kier alpha value is -3.21. The number of H-pyrrole nitrogens is 2. The van der Waals surface area contributed by atoms with Crippen molar-refractivity contribution in [3.05, 3.63) is 36.4 Å². The molecule has 29 heavy (non-hydrogen) atoms. The molecule has 0 bridgehead atoms. The summed E-state index contributed by atoms with van der Waals surface area (Å²) in [5.74, 6) is -2.20. The van der Waals surface area contributed by atoms with E-state index in [-0.39, 0.29) is 25.2 Å².